The predicted molar refractivity (Wildman–Crippen MR) is 104 cm³/mol. The van der Waals surface area contributed by atoms with Crippen LogP contribution in [0.3, 0.4) is 0 Å². The Morgan fingerprint density at radius 1 is 1.12 bits per heavy atom. The normalized spacial score (nSPS) is 11.8. The van der Waals surface area contributed by atoms with Gasteiger partial charge in [0.2, 0.25) is 0 Å². The standard InChI is InChI=1S/C20H18Cl2N2O2/c1-14(26-19-9-6-16(21)12-18(19)22)20(25)23-13-15-4-7-17(8-5-15)24-10-2-3-11-24/h2-12,14H,13H2,1H3,(H,23,25)/t14-/m1/s1. The van der Waals surface area contributed by atoms with Gasteiger partial charge in [-0.3, -0.25) is 4.79 Å². The minimum Gasteiger partial charge on any atom is -0.479 e. The van der Waals surface area contributed by atoms with E-state index < -0.39 is 6.10 Å². The maximum absolute atomic E-state index is 12.2. The van der Waals surface area contributed by atoms with Crippen LogP contribution >= 0.6 is 23.2 Å². The number of amides is 1. The molecule has 2 aromatic carbocycles. The number of nitrogens with zero attached hydrogens (tertiary/aromatic N) is 1. The summed E-state index contributed by atoms with van der Waals surface area (Å²) >= 11 is 11.9. The summed E-state index contributed by atoms with van der Waals surface area (Å²) in [7, 11) is 0. The van der Waals surface area contributed by atoms with Crippen molar-refractivity contribution in [2.45, 2.75) is 19.6 Å². The zero-order chi connectivity index (χ0) is 18.5. The minimum absolute atomic E-state index is 0.217. The molecule has 26 heavy (non-hydrogen) atoms. The zero-order valence-corrected chi connectivity index (χ0v) is 15.7. The number of rotatable bonds is 6. The highest BCUT2D eigenvalue weighted by Crippen LogP contribution is 2.28. The molecule has 0 saturated carbocycles. The van der Waals surface area contributed by atoms with Gasteiger partial charge in [-0.2, -0.15) is 0 Å². The van der Waals surface area contributed by atoms with Crippen LogP contribution in [0.5, 0.6) is 5.75 Å². The van der Waals surface area contributed by atoms with Crippen molar-refractivity contribution in [3.63, 3.8) is 0 Å². The van der Waals surface area contributed by atoms with Crippen LogP contribution in [-0.2, 0) is 11.3 Å². The Kier molecular flexibility index (Phi) is 5.86. The van der Waals surface area contributed by atoms with E-state index >= 15 is 0 Å². The quantitative estimate of drug-likeness (QED) is 0.654. The van der Waals surface area contributed by atoms with Gasteiger partial charge in [-0.1, -0.05) is 35.3 Å². The highest BCUT2D eigenvalue weighted by molar-refractivity contribution is 6.35. The number of carbonyl (C=O) groups is 1. The average Bonchev–Trinajstić information content (AvgIpc) is 3.17. The molecule has 0 aliphatic rings. The van der Waals surface area contributed by atoms with E-state index in [1.165, 1.54) is 0 Å². The van der Waals surface area contributed by atoms with Crippen LogP contribution in [0.25, 0.3) is 5.69 Å². The Balaban J connectivity index is 1.54. The molecule has 1 amide bonds. The Bertz CT molecular complexity index is 877. The molecule has 3 rings (SSSR count). The van der Waals surface area contributed by atoms with Gasteiger partial charge in [0.1, 0.15) is 5.75 Å². The molecular formula is C20H18Cl2N2O2. The molecule has 1 N–H and O–H groups in total. The van der Waals surface area contributed by atoms with Crippen LogP contribution in [0.15, 0.2) is 67.0 Å². The van der Waals surface area contributed by atoms with Gasteiger partial charge >= 0.3 is 0 Å². The van der Waals surface area contributed by atoms with Gasteiger partial charge in [-0.25, -0.2) is 0 Å². The second-order valence-electron chi connectivity index (χ2n) is 5.81. The molecule has 0 aliphatic heterocycles. The first-order valence-electron chi connectivity index (χ1n) is 8.14. The number of ether oxygens (including phenoxy) is 1. The van der Waals surface area contributed by atoms with Crippen molar-refractivity contribution in [2.24, 2.45) is 0 Å². The number of carbonyl (C=O) groups excluding carboxylic acids is 1. The first kappa shape index (κ1) is 18.4. The molecular weight excluding hydrogens is 371 g/mol. The summed E-state index contributed by atoms with van der Waals surface area (Å²) < 4.78 is 7.63. The van der Waals surface area contributed by atoms with Gasteiger partial charge in [0.05, 0.1) is 5.02 Å². The molecule has 134 valence electrons. The van der Waals surface area contributed by atoms with E-state index in [9.17, 15) is 4.79 Å². The third kappa shape index (κ3) is 4.59. The van der Waals surface area contributed by atoms with Crippen LogP contribution in [0.1, 0.15) is 12.5 Å². The molecule has 0 aliphatic carbocycles. The van der Waals surface area contributed by atoms with Gasteiger partial charge in [-0.05, 0) is 55.0 Å². The second kappa shape index (κ2) is 8.30. The summed E-state index contributed by atoms with van der Waals surface area (Å²) in [6, 6.07) is 16.8. The molecule has 4 nitrogen and oxygen atoms in total. The van der Waals surface area contributed by atoms with Crippen LogP contribution in [0.2, 0.25) is 10.0 Å². The molecule has 6 heteroatoms. The van der Waals surface area contributed by atoms with Gasteiger partial charge in [0.25, 0.3) is 5.91 Å². The van der Waals surface area contributed by atoms with Crippen molar-refractivity contribution >= 4 is 29.1 Å². The molecule has 0 radical (unpaired) electrons. The van der Waals surface area contributed by atoms with E-state index in [0.29, 0.717) is 22.3 Å². The summed E-state index contributed by atoms with van der Waals surface area (Å²) in [6.45, 7) is 2.10. The summed E-state index contributed by atoms with van der Waals surface area (Å²) in [6.07, 6.45) is 3.29. The lowest BCUT2D eigenvalue weighted by Crippen LogP contribution is -2.35. The Hall–Kier alpha value is -2.43. The lowest BCUT2D eigenvalue weighted by molar-refractivity contribution is -0.127. The van der Waals surface area contributed by atoms with E-state index in [2.05, 4.69) is 5.32 Å². The smallest absolute Gasteiger partial charge is 0.261 e. The molecule has 1 heterocycles. The lowest BCUT2D eigenvalue weighted by atomic mass is 10.2. The maximum Gasteiger partial charge on any atom is 0.261 e. The van der Waals surface area contributed by atoms with E-state index in [1.807, 2.05) is 53.4 Å². The fourth-order valence-electron chi connectivity index (χ4n) is 2.44. The summed E-state index contributed by atoms with van der Waals surface area (Å²) in [5.41, 5.74) is 2.07. The molecule has 1 atom stereocenters. The summed E-state index contributed by atoms with van der Waals surface area (Å²) in [5, 5.41) is 3.75. The van der Waals surface area contributed by atoms with Crippen LogP contribution in [-0.4, -0.2) is 16.6 Å². The topological polar surface area (TPSA) is 43.3 Å². The number of hydrogen-bond donors (Lipinski definition) is 1. The minimum atomic E-state index is -0.673. The van der Waals surface area contributed by atoms with Crippen LogP contribution in [0.4, 0.5) is 0 Å². The number of benzene rings is 2. The number of hydrogen-bond acceptors (Lipinski definition) is 2. The van der Waals surface area contributed by atoms with E-state index in [1.54, 1.807) is 25.1 Å². The highest BCUT2D eigenvalue weighted by atomic mass is 35.5. The third-order valence-corrected chi connectivity index (χ3v) is 4.40. The fraction of sp³-hybridized carbons (Fsp3) is 0.150. The number of nitrogens with one attached hydrogen (secondary N) is 1. The molecule has 3 aromatic rings. The summed E-state index contributed by atoms with van der Waals surface area (Å²) in [5.74, 6) is 0.209. The van der Waals surface area contributed by atoms with Crippen molar-refractivity contribution in [1.82, 2.24) is 9.88 Å². The molecule has 0 fully saturated rings. The van der Waals surface area contributed by atoms with Crippen LogP contribution in [0, 0.1) is 0 Å². The largest absolute Gasteiger partial charge is 0.479 e. The van der Waals surface area contributed by atoms with E-state index in [0.717, 1.165) is 11.3 Å². The molecule has 1 aromatic heterocycles. The van der Waals surface area contributed by atoms with Crippen LogP contribution < -0.4 is 10.1 Å². The number of halogens is 2. The van der Waals surface area contributed by atoms with Gasteiger partial charge in [0.15, 0.2) is 6.10 Å². The van der Waals surface area contributed by atoms with Crippen molar-refractivity contribution in [1.29, 1.82) is 0 Å². The molecule has 0 spiro atoms. The SMILES string of the molecule is C[C@@H](Oc1ccc(Cl)cc1Cl)C(=O)NCc1ccc(-n2cccc2)cc1. The Morgan fingerprint density at radius 3 is 2.46 bits per heavy atom. The van der Waals surface area contributed by atoms with Crippen molar-refractivity contribution in [3.05, 3.63) is 82.6 Å². The van der Waals surface area contributed by atoms with Gasteiger partial charge < -0.3 is 14.6 Å². The molecule has 0 saturated heterocycles. The van der Waals surface area contributed by atoms with Gasteiger partial charge in [-0.15, -0.1) is 0 Å². The summed E-state index contributed by atoms with van der Waals surface area (Å²) in [4.78, 5) is 12.2. The zero-order valence-electron chi connectivity index (χ0n) is 14.2. The average molecular weight is 389 g/mol. The molecule has 0 bridgehead atoms. The highest BCUT2D eigenvalue weighted by Gasteiger charge is 2.16. The van der Waals surface area contributed by atoms with Crippen molar-refractivity contribution < 1.29 is 9.53 Å². The first-order valence-corrected chi connectivity index (χ1v) is 8.90. The first-order chi connectivity index (χ1) is 12.5. The van der Waals surface area contributed by atoms with Crippen molar-refractivity contribution in [2.75, 3.05) is 0 Å². The Labute approximate surface area is 162 Å². The maximum atomic E-state index is 12.2. The third-order valence-electron chi connectivity index (χ3n) is 3.87. The number of aromatic nitrogens is 1. The monoisotopic (exact) mass is 388 g/mol. The second-order valence-corrected chi connectivity index (χ2v) is 6.65. The fourth-order valence-corrected chi connectivity index (χ4v) is 2.89. The van der Waals surface area contributed by atoms with Gasteiger partial charge in [0, 0.05) is 29.6 Å². The molecule has 0 unspecified atom stereocenters. The Morgan fingerprint density at radius 2 is 1.81 bits per heavy atom. The van der Waals surface area contributed by atoms with Crippen molar-refractivity contribution in [3.8, 4) is 11.4 Å². The van der Waals surface area contributed by atoms with E-state index in [4.69, 9.17) is 27.9 Å². The van der Waals surface area contributed by atoms with E-state index in [-0.39, 0.29) is 5.91 Å². The predicted octanol–water partition coefficient (Wildman–Crippen LogP) is 4.87. The lowest BCUT2D eigenvalue weighted by Gasteiger charge is -2.16.